The van der Waals surface area contributed by atoms with E-state index in [0.717, 1.165) is 33.5 Å². The van der Waals surface area contributed by atoms with Crippen molar-refractivity contribution in [3.8, 4) is 0 Å². The standard InChI is InChI=1S/C16H17N3S/c1-3-14-10(2)20-16(19-14)15(17)13-9-18-8-11-6-4-5-7-12(11)13/h4-9,15H,3,17H2,1-2H3. The van der Waals surface area contributed by atoms with E-state index in [1.54, 1.807) is 11.3 Å². The van der Waals surface area contributed by atoms with Gasteiger partial charge in [0.2, 0.25) is 0 Å². The van der Waals surface area contributed by atoms with Crippen LogP contribution in [0.25, 0.3) is 10.8 Å². The highest BCUT2D eigenvalue weighted by Crippen LogP contribution is 2.30. The van der Waals surface area contributed by atoms with E-state index in [1.165, 1.54) is 4.88 Å². The van der Waals surface area contributed by atoms with E-state index in [0.29, 0.717) is 0 Å². The molecule has 2 aromatic heterocycles. The Morgan fingerprint density at radius 1 is 1.25 bits per heavy atom. The number of aromatic nitrogens is 2. The second kappa shape index (κ2) is 5.31. The summed E-state index contributed by atoms with van der Waals surface area (Å²) in [5.41, 5.74) is 8.62. The SMILES string of the molecule is CCc1nc(C(N)c2cncc3ccccc23)sc1C. The van der Waals surface area contributed by atoms with Crippen molar-refractivity contribution in [1.29, 1.82) is 0 Å². The first-order chi connectivity index (χ1) is 9.70. The van der Waals surface area contributed by atoms with Crippen LogP contribution in [-0.2, 0) is 6.42 Å². The summed E-state index contributed by atoms with van der Waals surface area (Å²) in [6.45, 7) is 4.23. The lowest BCUT2D eigenvalue weighted by Crippen LogP contribution is -2.12. The Balaban J connectivity index is 2.10. The van der Waals surface area contributed by atoms with Gasteiger partial charge in [-0.05, 0) is 18.7 Å². The lowest BCUT2D eigenvalue weighted by Gasteiger charge is -2.11. The van der Waals surface area contributed by atoms with Crippen LogP contribution in [0.4, 0.5) is 0 Å². The number of fused-ring (bicyclic) bond motifs is 1. The number of hydrogen-bond acceptors (Lipinski definition) is 4. The van der Waals surface area contributed by atoms with Crippen LogP contribution in [0.15, 0.2) is 36.7 Å². The third-order valence-electron chi connectivity index (χ3n) is 3.54. The third kappa shape index (κ3) is 2.21. The Kier molecular flexibility index (Phi) is 3.51. The molecule has 0 radical (unpaired) electrons. The van der Waals surface area contributed by atoms with E-state index in [-0.39, 0.29) is 6.04 Å². The number of hydrogen-bond donors (Lipinski definition) is 1. The molecule has 1 aromatic carbocycles. The van der Waals surface area contributed by atoms with Gasteiger partial charge in [0.25, 0.3) is 0 Å². The predicted molar refractivity (Wildman–Crippen MR) is 84.0 cm³/mol. The fourth-order valence-electron chi connectivity index (χ4n) is 2.43. The summed E-state index contributed by atoms with van der Waals surface area (Å²) in [6, 6.07) is 7.99. The van der Waals surface area contributed by atoms with Crippen molar-refractivity contribution >= 4 is 22.1 Å². The van der Waals surface area contributed by atoms with Gasteiger partial charge < -0.3 is 5.73 Å². The minimum atomic E-state index is -0.211. The third-order valence-corrected chi connectivity index (χ3v) is 4.64. The number of aryl methyl sites for hydroxylation is 2. The van der Waals surface area contributed by atoms with Gasteiger partial charge in [0.05, 0.1) is 11.7 Å². The largest absolute Gasteiger partial charge is 0.318 e. The Morgan fingerprint density at radius 2 is 2.05 bits per heavy atom. The molecule has 0 saturated carbocycles. The van der Waals surface area contributed by atoms with Gasteiger partial charge in [-0.1, -0.05) is 31.2 Å². The summed E-state index contributed by atoms with van der Waals surface area (Å²) in [5, 5.41) is 3.24. The highest BCUT2D eigenvalue weighted by atomic mass is 32.1. The Morgan fingerprint density at radius 3 is 2.80 bits per heavy atom. The second-order valence-corrected chi connectivity index (χ2v) is 6.07. The summed E-state index contributed by atoms with van der Waals surface area (Å²) >= 11 is 1.69. The predicted octanol–water partition coefficient (Wildman–Crippen LogP) is 3.61. The van der Waals surface area contributed by atoms with Crippen LogP contribution in [0.5, 0.6) is 0 Å². The van der Waals surface area contributed by atoms with Crippen molar-refractivity contribution in [2.45, 2.75) is 26.3 Å². The molecule has 1 unspecified atom stereocenters. The Labute approximate surface area is 122 Å². The van der Waals surface area contributed by atoms with Crippen LogP contribution in [0.3, 0.4) is 0 Å². The van der Waals surface area contributed by atoms with Crippen LogP contribution in [0, 0.1) is 6.92 Å². The first-order valence-electron chi connectivity index (χ1n) is 6.75. The monoisotopic (exact) mass is 283 g/mol. The van der Waals surface area contributed by atoms with Gasteiger partial charge in [-0.3, -0.25) is 4.98 Å². The molecule has 0 saturated heterocycles. The molecule has 0 aliphatic carbocycles. The quantitative estimate of drug-likeness (QED) is 0.799. The minimum absolute atomic E-state index is 0.211. The van der Waals surface area contributed by atoms with E-state index < -0.39 is 0 Å². The molecule has 0 fully saturated rings. The zero-order valence-corrected chi connectivity index (χ0v) is 12.4. The smallest absolute Gasteiger partial charge is 0.115 e. The molecule has 0 amide bonds. The van der Waals surface area contributed by atoms with Crippen molar-refractivity contribution in [3.63, 3.8) is 0 Å². The second-order valence-electron chi connectivity index (χ2n) is 4.84. The topological polar surface area (TPSA) is 51.8 Å². The molecule has 102 valence electrons. The minimum Gasteiger partial charge on any atom is -0.318 e. The number of rotatable bonds is 3. The molecule has 20 heavy (non-hydrogen) atoms. The van der Waals surface area contributed by atoms with Gasteiger partial charge in [-0.15, -0.1) is 11.3 Å². The Hall–Kier alpha value is -1.78. The number of thiazole rings is 1. The van der Waals surface area contributed by atoms with Crippen LogP contribution < -0.4 is 5.73 Å². The molecule has 0 spiro atoms. The first kappa shape index (κ1) is 13.2. The van der Waals surface area contributed by atoms with Crippen molar-refractivity contribution in [2.24, 2.45) is 5.73 Å². The summed E-state index contributed by atoms with van der Waals surface area (Å²) in [4.78, 5) is 10.2. The molecule has 0 aliphatic heterocycles. The molecule has 2 heterocycles. The average molecular weight is 283 g/mol. The summed E-state index contributed by atoms with van der Waals surface area (Å²) in [5.74, 6) is 0. The lowest BCUT2D eigenvalue weighted by molar-refractivity contribution is 0.846. The fourth-order valence-corrected chi connectivity index (χ4v) is 3.46. The zero-order chi connectivity index (χ0) is 14.1. The van der Waals surface area contributed by atoms with Crippen LogP contribution in [0.2, 0.25) is 0 Å². The molecular formula is C16H17N3S. The fraction of sp³-hybridized carbons (Fsp3) is 0.250. The van der Waals surface area contributed by atoms with Gasteiger partial charge >= 0.3 is 0 Å². The highest BCUT2D eigenvalue weighted by Gasteiger charge is 2.17. The number of nitrogens with zero attached hydrogens (tertiary/aromatic N) is 2. The van der Waals surface area contributed by atoms with Gasteiger partial charge in [0, 0.05) is 28.2 Å². The van der Waals surface area contributed by atoms with Crippen LogP contribution in [-0.4, -0.2) is 9.97 Å². The maximum Gasteiger partial charge on any atom is 0.115 e. The molecule has 2 N–H and O–H groups in total. The van der Waals surface area contributed by atoms with Crippen molar-refractivity contribution in [2.75, 3.05) is 0 Å². The molecule has 0 bridgehead atoms. The normalized spacial score (nSPS) is 12.8. The van der Waals surface area contributed by atoms with E-state index in [1.807, 2.05) is 24.5 Å². The summed E-state index contributed by atoms with van der Waals surface area (Å²) < 4.78 is 0. The number of nitrogens with two attached hydrogens (primary N) is 1. The molecule has 0 aliphatic rings. The average Bonchev–Trinajstić information content (AvgIpc) is 2.87. The van der Waals surface area contributed by atoms with E-state index >= 15 is 0 Å². The summed E-state index contributed by atoms with van der Waals surface area (Å²) in [7, 11) is 0. The van der Waals surface area contributed by atoms with Crippen LogP contribution in [0.1, 0.15) is 34.1 Å². The molecule has 3 nitrogen and oxygen atoms in total. The van der Waals surface area contributed by atoms with Crippen molar-refractivity contribution in [3.05, 3.63) is 57.8 Å². The van der Waals surface area contributed by atoms with Gasteiger partial charge in [-0.2, -0.15) is 0 Å². The van der Waals surface area contributed by atoms with E-state index in [4.69, 9.17) is 5.73 Å². The maximum atomic E-state index is 6.43. The Bertz CT molecular complexity index is 743. The molecule has 3 rings (SSSR count). The van der Waals surface area contributed by atoms with E-state index in [9.17, 15) is 0 Å². The van der Waals surface area contributed by atoms with Crippen molar-refractivity contribution in [1.82, 2.24) is 9.97 Å². The van der Waals surface area contributed by atoms with Crippen LogP contribution >= 0.6 is 11.3 Å². The molecule has 3 aromatic rings. The van der Waals surface area contributed by atoms with Gasteiger partial charge in [0.1, 0.15) is 5.01 Å². The van der Waals surface area contributed by atoms with E-state index in [2.05, 4.69) is 35.9 Å². The summed E-state index contributed by atoms with van der Waals surface area (Å²) in [6.07, 6.45) is 4.67. The first-order valence-corrected chi connectivity index (χ1v) is 7.56. The maximum absolute atomic E-state index is 6.43. The molecular weight excluding hydrogens is 266 g/mol. The zero-order valence-electron chi connectivity index (χ0n) is 11.6. The molecule has 4 heteroatoms. The number of pyridine rings is 1. The van der Waals surface area contributed by atoms with Gasteiger partial charge in [-0.25, -0.2) is 4.98 Å². The number of benzene rings is 1. The van der Waals surface area contributed by atoms with Crippen molar-refractivity contribution < 1.29 is 0 Å². The molecule has 1 atom stereocenters. The van der Waals surface area contributed by atoms with Gasteiger partial charge in [0.15, 0.2) is 0 Å². The highest BCUT2D eigenvalue weighted by molar-refractivity contribution is 7.11. The lowest BCUT2D eigenvalue weighted by atomic mass is 10.0.